The molecule has 1 rings (SSSR count). The van der Waals surface area contributed by atoms with Gasteiger partial charge in [-0.2, -0.15) is 0 Å². The molecule has 0 spiro atoms. The smallest absolute Gasteiger partial charge is 0.0814 e. The zero-order chi connectivity index (χ0) is 12.0. The molecule has 1 heterocycles. The van der Waals surface area contributed by atoms with Gasteiger partial charge in [0.25, 0.3) is 0 Å². The predicted octanol–water partition coefficient (Wildman–Crippen LogP) is 2.09. The van der Waals surface area contributed by atoms with Crippen molar-refractivity contribution < 1.29 is 5.11 Å². The van der Waals surface area contributed by atoms with Crippen LogP contribution in [-0.2, 0) is 0 Å². The lowest BCUT2D eigenvalue weighted by Gasteiger charge is -2.25. The van der Waals surface area contributed by atoms with Crippen LogP contribution in [0.3, 0.4) is 0 Å². The first kappa shape index (κ1) is 12.8. The summed E-state index contributed by atoms with van der Waals surface area (Å²) in [5.74, 6) is 0. The molecular weight excluding hydrogens is 202 g/mol. The summed E-state index contributed by atoms with van der Waals surface area (Å²) >= 11 is 0. The standard InChI is InChI=1S/C12H21N3O/c1-4-12(16,5-2)9-15-11-6-10(13-3)7-14-8-11/h6-8,13,15-16H,4-5,9H2,1-3H3. The number of nitrogens with zero attached hydrogens (tertiary/aromatic N) is 1. The highest BCUT2D eigenvalue weighted by molar-refractivity contribution is 5.53. The van der Waals surface area contributed by atoms with Crippen LogP contribution >= 0.6 is 0 Å². The molecule has 0 aliphatic carbocycles. The minimum absolute atomic E-state index is 0.550. The zero-order valence-corrected chi connectivity index (χ0v) is 10.2. The Morgan fingerprint density at radius 3 is 2.44 bits per heavy atom. The van der Waals surface area contributed by atoms with E-state index in [-0.39, 0.29) is 0 Å². The molecule has 90 valence electrons. The van der Waals surface area contributed by atoms with Gasteiger partial charge in [-0.25, -0.2) is 0 Å². The summed E-state index contributed by atoms with van der Waals surface area (Å²) < 4.78 is 0. The quantitative estimate of drug-likeness (QED) is 0.691. The van der Waals surface area contributed by atoms with Crippen molar-refractivity contribution in [1.29, 1.82) is 0 Å². The minimum Gasteiger partial charge on any atom is -0.388 e. The van der Waals surface area contributed by atoms with Crippen molar-refractivity contribution in [3.8, 4) is 0 Å². The van der Waals surface area contributed by atoms with Crippen LogP contribution < -0.4 is 10.6 Å². The van der Waals surface area contributed by atoms with Crippen LogP contribution in [0, 0.1) is 0 Å². The fourth-order valence-corrected chi connectivity index (χ4v) is 1.44. The first-order valence-corrected chi connectivity index (χ1v) is 5.72. The van der Waals surface area contributed by atoms with Gasteiger partial charge >= 0.3 is 0 Å². The second-order valence-corrected chi connectivity index (χ2v) is 4.00. The van der Waals surface area contributed by atoms with Crippen LogP contribution in [0.15, 0.2) is 18.5 Å². The third-order valence-corrected chi connectivity index (χ3v) is 2.96. The van der Waals surface area contributed by atoms with E-state index in [0.717, 1.165) is 24.2 Å². The zero-order valence-electron chi connectivity index (χ0n) is 10.2. The van der Waals surface area contributed by atoms with Crippen molar-refractivity contribution in [2.45, 2.75) is 32.3 Å². The van der Waals surface area contributed by atoms with Crippen LogP contribution in [0.1, 0.15) is 26.7 Å². The van der Waals surface area contributed by atoms with E-state index < -0.39 is 5.60 Å². The van der Waals surface area contributed by atoms with Crippen molar-refractivity contribution in [2.24, 2.45) is 0 Å². The number of hydrogen-bond donors (Lipinski definition) is 3. The molecule has 0 radical (unpaired) electrons. The molecule has 0 aliphatic heterocycles. The predicted molar refractivity (Wildman–Crippen MR) is 67.8 cm³/mol. The van der Waals surface area contributed by atoms with Crippen LogP contribution in [-0.4, -0.2) is 29.3 Å². The van der Waals surface area contributed by atoms with Crippen LogP contribution in [0.2, 0.25) is 0 Å². The van der Waals surface area contributed by atoms with Crippen molar-refractivity contribution in [1.82, 2.24) is 4.98 Å². The molecule has 0 aromatic carbocycles. The van der Waals surface area contributed by atoms with Crippen molar-refractivity contribution >= 4 is 11.4 Å². The second kappa shape index (κ2) is 5.70. The normalized spacial score (nSPS) is 11.2. The van der Waals surface area contributed by atoms with Gasteiger partial charge < -0.3 is 15.7 Å². The first-order valence-electron chi connectivity index (χ1n) is 5.72. The fraction of sp³-hybridized carbons (Fsp3) is 0.583. The maximum absolute atomic E-state index is 10.1. The molecule has 4 nitrogen and oxygen atoms in total. The molecule has 1 aromatic rings. The summed E-state index contributed by atoms with van der Waals surface area (Å²) in [7, 11) is 1.86. The summed E-state index contributed by atoms with van der Waals surface area (Å²) in [6, 6.07) is 1.97. The van der Waals surface area contributed by atoms with E-state index in [1.807, 2.05) is 27.0 Å². The Balaban J connectivity index is 2.60. The Hall–Kier alpha value is -1.29. The third kappa shape index (κ3) is 3.38. The topological polar surface area (TPSA) is 57.2 Å². The second-order valence-electron chi connectivity index (χ2n) is 4.00. The van der Waals surface area contributed by atoms with E-state index in [4.69, 9.17) is 0 Å². The Morgan fingerprint density at radius 1 is 1.25 bits per heavy atom. The number of anilines is 2. The first-order chi connectivity index (χ1) is 7.63. The van der Waals surface area contributed by atoms with Crippen LogP contribution in [0.25, 0.3) is 0 Å². The van der Waals surface area contributed by atoms with Gasteiger partial charge in [-0.15, -0.1) is 0 Å². The van der Waals surface area contributed by atoms with Gasteiger partial charge in [0.15, 0.2) is 0 Å². The number of rotatable bonds is 6. The minimum atomic E-state index is -0.629. The number of nitrogens with one attached hydrogen (secondary N) is 2. The lowest BCUT2D eigenvalue weighted by Crippen LogP contribution is -2.35. The van der Waals surface area contributed by atoms with E-state index in [9.17, 15) is 5.11 Å². The monoisotopic (exact) mass is 223 g/mol. The molecule has 3 N–H and O–H groups in total. The highest BCUT2D eigenvalue weighted by atomic mass is 16.3. The van der Waals surface area contributed by atoms with Gasteiger partial charge in [0.1, 0.15) is 0 Å². The Labute approximate surface area is 97.1 Å². The van der Waals surface area contributed by atoms with E-state index in [0.29, 0.717) is 6.54 Å². The van der Waals surface area contributed by atoms with Gasteiger partial charge in [0, 0.05) is 13.6 Å². The molecule has 0 amide bonds. The molecule has 0 bridgehead atoms. The van der Waals surface area contributed by atoms with Crippen molar-refractivity contribution in [3.63, 3.8) is 0 Å². The van der Waals surface area contributed by atoms with E-state index in [1.54, 1.807) is 12.4 Å². The van der Waals surface area contributed by atoms with Crippen molar-refractivity contribution in [2.75, 3.05) is 24.2 Å². The van der Waals surface area contributed by atoms with Gasteiger partial charge in [0.05, 0.1) is 29.4 Å². The lowest BCUT2D eigenvalue weighted by molar-refractivity contribution is 0.0457. The average molecular weight is 223 g/mol. The van der Waals surface area contributed by atoms with Crippen LogP contribution in [0.5, 0.6) is 0 Å². The number of pyridine rings is 1. The number of aliphatic hydroxyl groups is 1. The summed E-state index contributed by atoms with van der Waals surface area (Å²) in [6.45, 7) is 4.54. The van der Waals surface area contributed by atoms with Gasteiger partial charge in [0.2, 0.25) is 0 Å². The molecule has 0 aliphatic rings. The van der Waals surface area contributed by atoms with Crippen LogP contribution in [0.4, 0.5) is 11.4 Å². The fourth-order valence-electron chi connectivity index (χ4n) is 1.44. The lowest BCUT2D eigenvalue weighted by atomic mass is 9.97. The van der Waals surface area contributed by atoms with Crippen molar-refractivity contribution in [3.05, 3.63) is 18.5 Å². The average Bonchev–Trinajstić information content (AvgIpc) is 2.36. The third-order valence-electron chi connectivity index (χ3n) is 2.96. The summed E-state index contributed by atoms with van der Waals surface area (Å²) in [5.41, 5.74) is 1.25. The maximum atomic E-state index is 10.1. The molecule has 0 fully saturated rings. The molecule has 0 unspecified atom stereocenters. The molecule has 16 heavy (non-hydrogen) atoms. The molecule has 1 aromatic heterocycles. The Bertz CT molecular complexity index is 324. The van der Waals surface area contributed by atoms with E-state index in [1.165, 1.54) is 0 Å². The highest BCUT2D eigenvalue weighted by Crippen LogP contribution is 2.17. The van der Waals surface area contributed by atoms with E-state index >= 15 is 0 Å². The summed E-state index contributed by atoms with van der Waals surface area (Å²) in [6.07, 6.45) is 5.01. The molecule has 0 saturated heterocycles. The number of hydrogen-bond acceptors (Lipinski definition) is 4. The Kier molecular flexibility index (Phi) is 4.55. The van der Waals surface area contributed by atoms with E-state index in [2.05, 4.69) is 15.6 Å². The molecule has 0 saturated carbocycles. The number of aromatic nitrogens is 1. The molecule has 0 atom stereocenters. The Morgan fingerprint density at radius 2 is 1.88 bits per heavy atom. The summed E-state index contributed by atoms with van der Waals surface area (Å²) in [4.78, 5) is 4.10. The molecular formula is C12H21N3O. The maximum Gasteiger partial charge on any atom is 0.0814 e. The van der Waals surface area contributed by atoms with Gasteiger partial charge in [-0.1, -0.05) is 13.8 Å². The summed E-state index contributed by atoms with van der Waals surface area (Å²) in [5, 5.41) is 16.4. The SMILES string of the molecule is CCC(O)(CC)CNc1cncc(NC)c1. The highest BCUT2D eigenvalue weighted by Gasteiger charge is 2.21. The van der Waals surface area contributed by atoms with Gasteiger partial charge in [-0.3, -0.25) is 4.98 Å². The van der Waals surface area contributed by atoms with Gasteiger partial charge in [-0.05, 0) is 18.9 Å². The molecule has 4 heteroatoms. The largest absolute Gasteiger partial charge is 0.388 e.